The summed E-state index contributed by atoms with van der Waals surface area (Å²) in [6.07, 6.45) is 1.13. The Kier molecular flexibility index (Phi) is 5.92. The van der Waals surface area contributed by atoms with Crippen molar-refractivity contribution in [3.63, 3.8) is 0 Å². The fourth-order valence-corrected chi connectivity index (χ4v) is 2.69. The Morgan fingerprint density at radius 1 is 1.18 bits per heavy atom. The summed E-state index contributed by atoms with van der Waals surface area (Å²) in [5.74, 6) is 0. The van der Waals surface area contributed by atoms with Gasteiger partial charge in [-0.3, -0.25) is 0 Å². The molecule has 1 aromatic carbocycles. The van der Waals surface area contributed by atoms with E-state index in [1.165, 1.54) is 12.8 Å². The lowest BCUT2D eigenvalue weighted by atomic mass is 9.77. The van der Waals surface area contributed by atoms with Gasteiger partial charge in [-0.1, -0.05) is 50.3 Å². The first-order chi connectivity index (χ1) is 10.4. The normalized spacial score (nSPS) is 19.0. The SMILES string of the molecule is CCCCCCC1COB(c2cc(C)cc(C(F)(F)F)c2)O1. The van der Waals surface area contributed by atoms with E-state index >= 15 is 0 Å². The molecule has 1 aromatic rings. The van der Waals surface area contributed by atoms with E-state index in [-0.39, 0.29) is 6.10 Å². The molecule has 0 spiro atoms. The summed E-state index contributed by atoms with van der Waals surface area (Å²) >= 11 is 0. The molecule has 6 heteroatoms. The van der Waals surface area contributed by atoms with Crippen LogP contribution in [0.4, 0.5) is 13.2 Å². The fourth-order valence-electron chi connectivity index (χ4n) is 2.69. The minimum Gasteiger partial charge on any atom is -0.405 e. The van der Waals surface area contributed by atoms with E-state index in [0.29, 0.717) is 17.6 Å². The molecule has 1 aliphatic heterocycles. The summed E-state index contributed by atoms with van der Waals surface area (Å²) in [6.45, 7) is 4.25. The van der Waals surface area contributed by atoms with Gasteiger partial charge in [0.1, 0.15) is 0 Å². The number of benzene rings is 1. The molecule has 0 aliphatic carbocycles. The molecule has 122 valence electrons. The largest absolute Gasteiger partial charge is 0.494 e. The highest BCUT2D eigenvalue weighted by atomic mass is 19.4. The van der Waals surface area contributed by atoms with Crippen LogP contribution in [0, 0.1) is 6.92 Å². The number of alkyl halides is 3. The third-order valence-electron chi connectivity index (χ3n) is 3.83. The number of unbranched alkanes of at least 4 members (excludes halogenated alkanes) is 3. The molecule has 1 saturated heterocycles. The van der Waals surface area contributed by atoms with Crippen LogP contribution in [-0.4, -0.2) is 19.8 Å². The van der Waals surface area contributed by atoms with Crippen LogP contribution in [0.3, 0.4) is 0 Å². The topological polar surface area (TPSA) is 18.5 Å². The molecule has 1 fully saturated rings. The van der Waals surface area contributed by atoms with E-state index in [1.807, 2.05) is 0 Å². The second-order valence-electron chi connectivity index (χ2n) is 5.90. The molecule has 0 saturated carbocycles. The molecule has 1 atom stereocenters. The van der Waals surface area contributed by atoms with Gasteiger partial charge in [-0.2, -0.15) is 13.2 Å². The summed E-state index contributed by atoms with van der Waals surface area (Å²) in [5, 5.41) is 0. The van der Waals surface area contributed by atoms with Crippen molar-refractivity contribution in [3.8, 4) is 0 Å². The first kappa shape index (κ1) is 17.4. The van der Waals surface area contributed by atoms with Gasteiger partial charge in [0.2, 0.25) is 0 Å². The van der Waals surface area contributed by atoms with Gasteiger partial charge >= 0.3 is 13.3 Å². The van der Waals surface area contributed by atoms with Crippen LogP contribution in [-0.2, 0) is 15.5 Å². The van der Waals surface area contributed by atoms with Crippen molar-refractivity contribution < 1.29 is 22.5 Å². The molecule has 1 aliphatic rings. The van der Waals surface area contributed by atoms with Crippen LogP contribution < -0.4 is 5.46 Å². The van der Waals surface area contributed by atoms with Gasteiger partial charge in [0, 0.05) is 0 Å². The van der Waals surface area contributed by atoms with Crippen molar-refractivity contribution >= 4 is 12.6 Å². The van der Waals surface area contributed by atoms with Gasteiger partial charge < -0.3 is 9.31 Å². The third-order valence-corrected chi connectivity index (χ3v) is 3.83. The van der Waals surface area contributed by atoms with Gasteiger partial charge in [-0.15, -0.1) is 0 Å². The lowest BCUT2D eigenvalue weighted by Gasteiger charge is -2.13. The Bertz CT molecular complexity index is 491. The van der Waals surface area contributed by atoms with E-state index in [2.05, 4.69) is 6.92 Å². The van der Waals surface area contributed by atoms with Crippen LogP contribution in [0.2, 0.25) is 0 Å². The lowest BCUT2D eigenvalue weighted by molar-refractivity contribution is -0.137. The summed E-state index contributed by atoms with van der Waals surface area (Å²) < 4.78 is 49.9. The van der Waals surface area contributed by atoms with Gasteiger partial charge in [-0.25, -0.2) is 0 Å². The van der Waals surface area contributed by atoms with Gasteiger partial charge in [0.25, 0.3) is 0 Å². The van der Waals surface area contributed by atoms with E-state index in [9.17, 15) is 13.2 Å². The number of rotatable bonds is 6. The maximum atomic E-state index is 12.9. The van der Waals surface area contributed by atoms with Crippen molar-refractivity contribution in [2.75, 3.05) is 6.61 Å². The zero-order valence-electron chi connectivity index (χ0n) is 13.1. The van der Waals surface area contributed by atoms with Crippen molar-refractivity contribution in [2.24, 2.45) is 0 Å². The number of aryl methyl sites for hydroxylation is 1. The average Bonchev–Trinajstić information content (AvgIpc) is 2.91. The lowest BCUT2D eigenvalue weighted by Crippen LogP contribution is -2.33. The van der Waals surface area contributed by atoms with E-state index in [4.69, 9.17) is 9.31 Å². The van der Waals surface area contributed by atoms with E-state index in [0.717, 1.165) is 31.4 Å². The predicted molar refractivity (Wildman–Crippen MR) is 81.2 cm³/mol. The zero-order valence-corrected chi connectivity index (χ0v) is 13.1. The van der Waals surface area contributed by atoms with Gasteiger partial charge in [-0.05, 0) is 24.9 Å². The quantitative estimate of drug-likeness (QED) is 0.581. The molecule has 0 radical (unpaired) electrons. The number of halogens is 3. The summed E-state index contributed by atoms with van der Waals surface area (Å²) in [7, 11) is -0.683. The summed E-state index contributed by atoms with van der Waals surface area (Å²) in [5.41, 5.74) is 0.355. The first-order valence-electron chi connectivity index (χ1n) is 7.86. The smallest absolute Gasteiger partial charge is 0.405 e. The van der Waals surface area contributed by atoms with Crippen LogP contribution >= 0.6 is 0 Å². The highest BCUT2D eigenvalue weighted by Crippen LogP contribution is 2.29. The molecule has 0 bridgehead atoms. The Morgan fingerprint density at radius 3 is 2.64 bits per heavy atom. The molecular weight excluding hydrogens is 292 g/mol. The Labute approximate surface area is 130 Å². The monoisotopic (exact) mass is 314 g/mol. The second-order valence-corrected chi connectivity index (χ2v) is 5.90. The van der Waals surface area contributed by atoms with Crippen molar-refractivity contribution in [1.82, 2.24) is 0 Å². The molecule has 0 aromatic heterocycles. The van der Waals surface area contributed by atoms with E-state index < -0.39 is 18.9 Å². The van der Waals surface area contributed by atoms with Gasteiger partial charge in [0.05, 0.1) is 18.3 Å². The molecule has 1 heterocycles. The minimum atomic E-state index is -4.35. The molecule has 1 unspecified atom stereocenters. The molecule has 22 heavy (non-hydrogen) atoms. The first-order valence-corrected chi connectivity index (χ1v) is 7.86. The second kappa shape index (κ2) is 7.51. The third kappa shape index (κ3) is 4.75. The standard InChI is InChI=1S/C16H22BF3O2/c1-3-4-5-6-7-15-11-21-17(22-15)14-9-12(2)8-13(10-14)16(18,19)20/h8-10,15H,3-7,11H2,1-2H3. The van der Waals surface area contributed by atoms with Crippen molar-refractivity contribution in [2.45, 2.75) is 58.2 Å². The fraction of sp³-hybridized carbons (Fsp3) is 0.625. The number of hydrogen-bond acceptors (Lipinski definition) is 2. The van der Waals surface area contributed by atoms with Gasteiger partial charge in [0.15, 0.2) is 0 Å². The molecule has 2 nitrogen and oxygen atoms in total. The van der Waals surface area contributed by atoms with Crippen LogP contribution in [0.1, 0.15) is 50.2 Å². The predicted octanol–water partition coefficient (Wildman–Crippen LogP) is 4.09. The molecule has 2 rings (SSSR count). The highest BCUT2D eigenvalue weighted by molar-refractivity contribution is 6.61. The Balaban J connectivity index is 1.97. The minimum absolute atomic E-state index is 0.0169. The summed E-state index contributed by atoms with van der Waals surface area (Å²) in [4.78, 5) is 0. The zero-order chi connectivity index (χ0) is 16.2. The van der Waals surface area contributed by atoms with Crippen molar-refractivity contribution in [3.05, 3.63) is 29.3 Å². The maximum Gasteiger partial charge on any atom is 0.494 e. The van der Waals surface area contributed by atoms with Crippen LogP contribution in [0.15, 0.2) is 18.2 Å². The van der Waals surface area contributed by atoms with Crippen molar-refractivity contribution in [1.29, 1.82) is 0 Å². The Morgan fingerprint density at radius 2 is 1.95 bits per heavy atom. The molecule has 0 amide bonds. The number of hydrogen-bond donors (Lipinski definition) is 0. The van der Waals surface area contributed by atoms with Crippen LogP contribution in [0.5, 0.6) is 0 Å². The van der Waals surface area contributed by atoms with Crippen LogP contribution in [0.25, 0.3) is 0 Å². The molecule has 0 N–H and O–H groups in total. The highest BCUT2D eigenvalue weighted by Gasteiger charge is 2.36. The Hall–Kier alpha value is -1.01. The summed E-state index contributed by atoms with van der Waals surface area (Å²) in [6, 6.07) is 3.96. The maximum absolute atomic E-state index is 12.9. The molecular formula is C16H22BF3O2. The average molecular weight is 314 g/mol. The van der Waals surface area contributed by atoms with E-state index in [1.54, 1.807) is 13.0 Å².